The van der Waals surface area contributed by atoms with Gasteiger partial charge in [0, 0.05) is 23.8 Å². The van der Waals surface area contributed by atoms with Crippen LogP contribution in [-0.4, -0.2) is 16.3 Å². The summed E-state index contributed by atoms with van der Waals surface area (Å²) in [5, 5.41) is 7.87. The van der Waals surface area contributed by atoms with Gasteiger partial charge in [0.1, 0.15) is 0 Å². The molecule has 0 spiro atoms. The molecule has 1 N–H and O–H groups in total. The molecule has 102 valence electrons. The first-order chi connectivity index (χ1) is 9.17. The Labute approximate surface area is 115 Å². The lowest BCUT2D eigenvalue weighted by Gasteiger charge is -2.14. The van der Waals surface area contributed by atoms with Gasteiger partial charge in [-0.3, -0.25) is 4.68 Å². The second-order valence-corrected chi connectivity index (χ2v) is 4.86. The Hall–Kier alpha value is -1.61. The van der Waals surface area contributed by atoms with E-state index in [-0.39, 0.29) is 0 Å². The Morgan fingerprint density at radius 2 is 2.11 bits per heavy atom. The van der Waals surface area contributed by atoms with Gasteiger partial charge in [-0.2, -0.15) is 5.10 Å². The molecule has 0 aliphatic rings. The van der Waals surface area contributed by atoms with Crippen molar-refractivity contribution in [2.24, 2.45) is 0 Å². The normalized spacial score (nSPS) is 12.6. The molecule has 1 aromatic carbocycles. The fourth-order valence-corrected chi connectivity index (χ4v) is 2.45. The maximum atomic E-state index is 4.42. The zero-order valence-corrected chi connectivity index (χ0v) is 12.3. The predicted molar refractivity (Wildman–Crippen MR) is 80.2 cm³/mol. The molecule has 2 rings (SSSR count). The van der Waals surface area contributed by atoms with Crippen molar-refractivity contribution < 1.29 is 0 Å². The minimum absolute atomic E-state index is 0.381. The van der Waals surface area contributed by atoms with E-state index in [1.54, 1.807) is 0 Å². The molecule has 0 amide bonds. The van der Waals surface area contributed by atoms with E-state index >= 15 is 0 Å². The highest BCUT2D eigenvalue weighted by molar-refractivity contribution is 5.66. The number of hydrogen-bond acceptors (Lipinski definition) is 2. The molecule has 2 aromatic rings. The van der Waals surface area contributed by atoms with E-state index in [2.05, 4.69) is 62.4 Å². The Kier molecular flexibility index (Phi) is 4.38. The largest absolute Gasteiger partial charge is 0.310 e. The van der Waals surface area contributed by atoms with E-state index in [1.165, 1.54) is 22.4 Å². The highest BCUT2D eigenvalue weighted by atomic mass is 15.3. The van der Waals surface area contributed by atoms with Crippen LogP contribution in [-0.2, 0) is 6.54 Å². The number of aromatic nitrogens is 2. The third-order valence-corrected chi connectivity index (χ3v) is 3.61. The van der Waals surface area contributed by atoms with Crippen LogP contribution in [0.1, 0.15) is 38.1 Å². The molecule has 1 unspecified atom stereocenters. The zero-order valence-electron chi connectivity index (χ0n) is 12.3. The van der Waals surface area contributed by atoms with Gasteiger partial charge in [-0.05, 0) is 44.5 Å². The summed E-state index contributed by atoms with van der Waals surface area (Å²) >= 11 is 0. The zero-order chi connectivity index (χ0) is 13.8. The third-order valence-electron chi connectivity index (χ3n) is 3.61. The molecule has 1 atom stereocenters. The lowest BCUT2D eigenvalue weighted by molar-refractivity contribution is 0.598. The maximum Gasteiger partial charge on any atom is 0.0571 e. The van der Waals surface area contributed by atoms with E-state index in [1.807, 2.05) is 10.9 Å². The number of aryl methyl sites for hydroxylation is 1. The number of benzene rings is 1. The van der Waals surface area contributed by atoms with Gasteiger partial charge in [0.2, 0.25) is 0 Å². The lowest BCUT2D eigenvalue weighted by Crippen LogP contribution is -2.17. The number of rotatable bonds is 5. The molecular weight excluding hydrogens is 234 g/mol. The van der Waals surface area contributed by atoms with Gasteiger partial charge in [-0.25, -0.2) is 0 Å². The fourth-order valence-electron chi connectivity index (χ4n) is 2.45. The summed E-state index contributed by atoms with van der Waals surface area (Å²) in [5.74, 6) is 0. The van der Waals surface area contributed by atoms with Crippen LogP contribution in [0.4, 0.5) is 0 Å². The molecular formula is C16H23N3. The summed E-state index contributed by atoms with van der Waals surface area (Å²) < 4.78 is 2.04. The molecule has 0 aliphatic heterocycles. The van der Waals surface area contributed by atoms with Gasteiger partial charge in [-0.1, -0.05) is 25.1 Å². The molecule has 1 heterocycles. The van der Waals surface area contributed by atoms with Crippen LogP contribution >= 0.6 is 0 Å². The number of nitrogens with one attached hydrogen (secondary N) is 1. The smallest absolute Gasteiger partial charge is 0.0571 e. The average molecular weight is 257 g/mol. The number of nitrogens with zero attached hydrogens (tertiary/aromatic N) is 2. The Balaban J connectivity index is 2.35. The van der Waals surface area contributed by atoms with Crippen molar-refractivity contribution in [3.63, 3.8) is 0 Å². The van der Waals surface area contributed by atoms with Crippen LogP contribution < -0.4 is 5.32 Å². The predicted octanol–water partition coefficient (Wildman–Crippen LogP) is 3.55. The van der Waals surface area contributed by atoms with Crippen molar-refractivity contribution in [3.8, 4) is 11.1 Å². The maximum absolute atomic E-state index is 4.42. The van der Waals surface area contributed by atoms with Gasteiger partial charge in [-0.15, -0.1) is 0 Å². The van der Waals surface area contributed by atoms with Crippen molar-refractivity contribution in [3.05, 3.63) is 41.7 Å². The van der Waals surface area contributed by atoms with Crippen molar-refractivity contribution >= 4 is 0 Å². The quantitative estimate of drug-likeness (QED) is 0.887. The fraction of sp³-hybridized carbons (Fsp3) is 0.438. The SMILES string of the molecule is CCNC(C)c1cccc(-c2cnn(CC)c2C)c1. The van der Waals surface area contributed by atoms with Crippen molar-refractivity contribution in [2.75, 3.05) is 6.54 Å². The third kappa shape index (κ3) is 2.87. The van der Waals surface area contributed by atoms with Gasteiger partial charge in [0.05, 0.1) is 6.20 Å². The van der Waals surface area contributed by atoms with Crippen molar-refractivity contribution in [2.45, 2.75) is 40.3 Å². The van der Waals surface area contributed by atoms with Gasteiger partial charge < -0.3 is 5.32 Å². The van der Waals surface area contributed by atoms with E-state index in [0.717, 1.165) is 13.1 Å². The molecule has 0 saturated carbocycles. The topological polar surface area (TPSA) is 29.9 Å². The summed E-state index contributed by atoms with van der Waals surface area (Å²) in [4.78, 5) is 0. The molecule has 0 saturated heterocycles. The summed E-state index contributed by atoms with van der Waals surface area (Å²) in [6, 6.07) is 9.10. The van der Waals surface area contributed by atoms with Crippen LogP contribution in [0.5, 0.6) is 0 Å². The molecule has 3 nitrogen and oxygen atoms in total. The van der Waals surface area contributed by atoms with E-state index < -0.39 is 0 Å². The second-order valence-electron chi connectivity index (χ2n) is 4.86. The molecule has 0 fully saturated rings. The monoisotopic (exact) mass is 257 g/mol. The Bertz CT molecular complexity index is 543. The van der Waals surface area contributed by atoms with Crippen LogP contribution in [0.2, 0.25) is 0 Å². The van der Waals surface area contributed by atoms with Crippen molar-refractivity contribution in [1.29, 1.82) is 0 Å². The average Bonchev–Trinajstić information content (AvgIpc) is 2.80. The van der Waals surface area contributed by atoms with Crippen LogP contribution in [0.3, 0.4) is 0 Å². The number of hydrogen-bond donors (Lipinski definition) is 1. The highest BCUT2D eigenvalue weighted by Crippen LogP contribution is 2.25. The lowest BCUT2D eigenvalue weighted by atomic mass is 10.0. The van der Waals surface area contributed by atoms with Crippen molar-refractivity contribution in [1.82, 2.24) is 15.1 Å². The van der Waals surface area contributed by atoms with Crippen LogP contribution in [0.25, 0.3) is 11.1 Å². The van der Waals surface area contributed by atoms with Gasteiger partial charge in [0.25, 0.3) is 0 Å². The highest BCUT2D eigenvalue weighted by Gasteiger charge is 2.10. The summed E-state index contributed by atoms with van der Waals surface area (Å²) in [6.07, 6.45) is 1.97. The van der Waals surface area contributed by atoms with E-state index in [4.69, 9.17) is 0 Å². The summed E-state index contributed by atoms with van der Waals surface area (Å²) in [5.41, 5.74) is 5.03. The molecule has 3 heteroatoms. The second kappa shape index (κ2) is 6.02. The Morgan fingerprint density at radius 3 is 2.74 bits per heavy atom. The van der Waals surface area contributed by atoms with Crippen LogP contribution in [0.15, 0.2) is 30.5 Å². The van der Waals surface area contributed by atoms with Gasteiger partial charge in [0.15, 0.2) is 0 Å². The first kappa shape index (κ1) is 13.8. The minimum Gasteiger partial charge on any atom is -0.310 e. The molecule has 0 aliphatic carbocycles. The first-order valence-electron chi connectivity index (χ1n) is 7.03. The van der Waals surface area contributed by atoms with E-state index in [9.17, 15) is 0 Å². The minimum atomic E-state index is 0.381. The summed E-state index contributed by atoms with van der Waals surface area (Å²) in [7, 11) is 0. The summed E-state index contributed by atoms with van der Waals surface area (Å²) in [6.45, 7) is 10.5. The molecule has 0 radical (unpaired) electrons. The van der Waals surface area contributed by atoms with Crippen LogP contribution in [0, 0.1) is 6.92 Å². The van der Waals surface area contributed by atoms with Gasteiger partial charge >= 0.3 is 0 Å². The standard InChI is InChI=1S/C16H23N3/c1-5-17-12(3)14-8-7-9-15(10-14)16-11-18-19(6-2)13(16)4/h7-12,17H,5-6H2,1-4H3. The first-order valence-corrected chi connectivity index (χ1v) is 7.03. The Morgan fingerprint density at radius 1 is 1.32 bits per heavy atom. The van der Waals surface area contributed by atoms with E-state index in [0.29, 0.717) is 6.04 Å². The molecule has 1 aromatic heterocycles. The molecule has 19 heavy (non-hydrogen) atoms. The molecule has 0 bridgehead atoms.